The maximum absolute atomic E-state index is 13.6. The Labute approximate surface area is 114 Å². The highest BCUT2D eigenvalue weighted by atomic mass is 19.1. The van der Waals surface area contributed by atoms with Gasteiger partial charge < -0.3 is 5.11 Å². The number of hydrogen-bond acceptors (Lipinski definition) is 2. The molecule has 0 radical (unpaired) electrons. The molecule has 0 fully saturated rings. The van der Waals surface area contributed by atoms with Crippen molar-refractivity contribution in [2.45, 2.75) is 45.8 Å². The normalized spacial score (nSPS) is 13.9. The van der Waals surface area contributed by atoms with Crippen LogP contribution >= 0.6 is 0 Å². The largest absolute Gasteiger partial charge is 0.391 e. The van der Waals surface area contributed by atoms with Gasteiger partial charge in [-0.25, -0.2) is 8.78 Å². The summed E-state index contributed by atoms with van der Waals surface area (Å²) in [5, 5.41) is 10.4. The van der Waals surface area contributed by atoms with Crippen molar-refractivity contribution >= 4 is 0 Å². The number of aliphatic hydroxyl groups is 1. The summed E-state index contributed by atoms with van der Waals surface area (Å²) in [4.78, 5) is 2.12. The van der Waals surface area contributed by atoms with Gasteiger partial charge in [-0.15, -0.1) is 0 Å². The summed E-state index contributed by atoms with van der Waals surface area (Å²) in [5.41, 5.74) is -0.112. The van der Waals surface area contributed by atoms with Crippen LogP contribution in [0.1, 0.15) is 33.3 Å². The topological polar surface area (TPSA) is 23.5 Å². The van der Waals surface area contributed by atoms with Gasteiger partial charge in [0.2, 0.25) is 0 Å². The SMILES string of the molecule is CCN(CC)C(C)(C)C(O)Cc1ccc(F)cc1F. The van der Waals surface area contributed by atoms with Gasteiger partial charge in [0.25, 0.3) is 0 Å². The zero-order chi connectivity index (χ0) is 14.6. The van der Waals surface area contributed by atoms with Gasteiger partial charge in [0.15, 0.2) is 0 Å². The minimum absolute atomic E-state index is 0.176. The van der Waals surface area contributed by atoms with Gasteiger partial charge in [-0.3, -0.25) is 4.90 Å². The molecule has 0 aliphatic carbocycles. The molecule has 0 saturated carbocycles. The van der Waals surface area contributed by atoms with Crippen LogP contribution in [0.15, 0.2) is 18.2 Å². The predicted octanol–water partition coefficient (Wildman–Crippen LogP) is 2.99. The van der Waals surface area contributed by atoms with Crippen molar-refractivity contribution in [3.8, 4) is 0 Å². The Kier molecular flexibility index (Phi) is 5.44. The number of nitrogens with zero attached hydrogens (tertiary/aromatic N) is 1. The molecular weight excluding hydrogens is 248 g/mol. The fraction of sp³-hybridized carbons (Fsp3) is 0.600. The molecule has 2 nitrogen and oxygen atoms in total. The van der Waals surface area contributed by atoms with Crippen molar-refractivity contribution in [3.05, 3.63) is 35.4 Å². The van der Waals surface area contributed by atoms with Crippen molar-refractivity contribution < 1.29 is 13.9 Å². The van der Waals surface area contributed by atoms with Crippen molar-refractivity contribution in [2.75, 3.05) is 13.1 Å². The number of aliphatic hydroxyl groups excluding tert-OH is 1. The third-order valence-corrected chi connectivity index (χ3v) is 3.82. The van der Waals surface area contributed by atoms with Crippen LogP contribution < -0.4 is 0 Å². The number of benzene rings is 1. The molecule has 1 unspecified atom stereocenters. The summed E-state index contributed by atoms with van der Waals surface area (Å²) in [5.74, 6) is -1.20. The highest BCUT2D eigenvalue weighted by molar-refractivity contribution is 5.20. The summed E-state index contributed by atoms with van der Waals surface area (Å²) in [7, 11) is 0. The molecule has 0 aromatic heterocycles. The molecule has 1 atom stereocenters. The number of rotatable bonds is 6. The molecule has 0 aliphatic rings. The van der Waals surface area contributed by atoms with E-state index in [0.29, 0.717) is 5.56 Å². The maximum Gasteiger partial charge on any atom is 0.129 e. The molecule has 4 heteroatoms. The summed E-state index contributed by atoms with van der Waals surface area (Å²) in [6.07, 6.45) is -0.539. The smallest absolute Gasteiger partial charge is 0.129 e. The molecule has 1 aromatic rings. The van der Waals surface area contributed by atoms with E-state index in [0.717, 1.165) is 19.2 Å². The number of likely N-dealkylation sites (N-methyl/N-ethyl adjacent to an activating group) is 1. The Hall–Kier alpha value is -1.00. The van der Waals surface area contributed by atoms with E-state index < -0.39 is 23.3 Å². The van der Waals surface area contributed by atoms with E-state index >= 15 is 0 Å². The van der Waals surface area contributed by atoms with E-state index in [-0.39, 0.29) is 6.42 Å². The predicted molar refractivity (Wildman–Crippen MR) is 73.1 cm³/mol. The third kappa shape index (κ3) is 3.74. The summed E-state index contributed by atoms with van der Waals surface area (Å²) in [6.45, 7) is 9.55. The van der Waals surface area contributed by atoms with E-state index in [2.05, 4.69) is 4.90 Å². The van der Waals surface area contributed by atoms with Gasteiger partial charge in [-0.05, 0) is 38.6 Å². The summed E-state index contributed by atoms with van der Waals surface area (Å²) in [6, 6.07) is 3.47. The molecular formula is C15H23F2NO. The molecule has 1 rings (SSSR count). The Morgan fingerprint density at radius 2 is 1.79 bits per heavy atom. The lowest BCUT2D eigenvalue weighted by atomic mass is 9.89. The van der Waals surface area contributed by atoms with E-state index in [4.69, 9.17) is 0 Å². The Morgan fingerprint density at radius 1 is 1.21 bits per heavy atom. The van der Waals surface area contributed by atoms with Crippen LogP contribution in [0.5, 0.6) is 0 Å². The molecule has 108 valence electrons. The summed E-state index contributed by atoms with van der Waals surface area (Å²) >= 11 is 0. The second-order valence-corrected chi connectivity index (χ2v) is 5.28. The third-order valence-electron chi connectivity index (χ3n) is 3.82. The van der Waals surface area contributed by atoms with Gasteiger partial charge in [0, 0.05) is 18.0 Å². The average Bonchev–Trinajstić information content (AvgIpc) is 2.33. The number of halogens is 2. The first-order valence-corrected chi connectivity index (χ1v) is 6.69. The maximum atomic E-state index is 13.6. The molecule has 0 aliphatic heterocycles. The van der Waals surface area contributed by atoms with Crippen LogP contribution in [0, 0.1) is 11.6 Å². The monoisotopic (exact) mass is 271 g/mol. The Bertz CT molecular complexity index is 417. The zero-order valence-electron chi connectivity index (χ0n) is 12.1. The van der Waals surface area contributed by atoms with Crippen LogP contribution in [0.2, 0.25) is 0 Å². The molecule has 1 N–H and O–H groups in total. The molecule has 19 heavy (non-hydrogen) atoms. The standard InChI is InChI=1S/C15H23F2NO/c1-5-18(6-2)15(3,4)14(19)9-11-7-8-12(16)10-13(11)17/h7-8,10,14,19H,5-6,9H2,1-4H3. The minimum Gasteiger partial charge on any atom is -0.391 e. The van der Waals surface area contributed by atoms with Crippen molar-refractivity contribution in [2.24, 2.45) is 0 Å². The van der Waals surface area contributed by atoms with Gasteiger partial charge in [-0.1, -0.05) is 19.9 Å². The fourth-order valence-corrected chi connectivity index (χ4v) is 2.39. The first-order chi connectivity index (χ1) is 8.82. The second-order valence-electron chi connectivity index (χ2n) is 5.28. The Morgan fingerprint density at radius 3 is 2.26 bits per heavy atom. The molecule has 0 bridgehead atoms. The van der Waals surface area contributed by atoms with Crippen molar-refractivity contribution in [1.29, 1.82) is 0 Å². The molecule has 0 saturated heterocycles. The quantitative estimate of drug-likeness (QED) is 0.860. The zero-order valence-corrected chi connectivity index (χ0v) is 12.1. The van der Waals surface area contributed by atoms with Crippen molar-refractivity contribution in [1.82, 2.24) is 4.90 Å². The van der Waals surface area contributed by atoms with Gasteiger partial charge >= 0.3 is 0 Å². The minimum atomic E-state index is -0.715. The van der Waals surface area contributed by atoms with Gasteiger partial charge in [-0.2, -0.15) is 0 Å². The fourth-order valence-electron chi connectivity index (χ4n) is 2.39. The van der Waals surface area contributed by atoms with Gasteiger partial charge in [0.05, 0.1) is 6.10 Å². The first-order valence-electron chi connectivity index (χ1n) is 6.69. The molecule has 0 heterocycles. The van der Waals surface area contributed by atoms with E-state index in [1.54, 1.807) is 0 Å². The second kappa shape index (κ2) is 6.44. The highest BCUT2D eigenvalue weighted by Gasteiger charge is 2.33. The van der Waals surface area contributed by atoms with Gasteiger partial charge in [0.1, 0.15) is 11.6 Å². The lowest BCUT2D eigenvalue weighted by Crippen LogP contribution is -2.53. The molecule has 0 amide bonds. The lowest BCUT2D eigenvalue weighted by Gasteiger charge is -2.41. The van der Waals surface area contributed by atoms with E-state index in [1.807, 2.05) is 27.7 Å². The van der Waals surface area contributed by atoms with E-state index in [1.165, 1.54) is 12.1 Å². The van der Waals surface area contributed by atoms with Crippen LogP contribution in [0.4, 0.5) is 8.78 Å². The van der Waals surface area contributed by atoms with Crippen LogP contribution in [0.25, 0.3) is 0 Å². The lowest BCUT2D eigenvalue weighted by molar-refractivity contribution is -0.00455. The highest BCUT2D eigenvalue weighted by Crippen LogP contribution is 2.23. The van der Waals surface area contributed by atoms with Crippen LogP contribution in [-0.4, -0.2) is 34.7 Å². The number of hydrogen-bond donors (Lipinski definition) is 1. The molecule has 0 spiro atoms. The average molecular weight is 271 g/mol. The van der Waals surface area contributed by atoms with E-state index in [9.17, 15) is 13.9 Å². The van der Waals surface area contributed by atoms with Crippen molar-refractivity contribution in [3.63, 3.8) is 0 Å². The first kappa shape index (κ1) is 16.1. The van der Waals surface area contributed by atoms with Crippen LogP contribution in [-0.2, 0) is 6.42 Å². The Balaban J connectivity index is 2.86. The summed E-state index contributed by atoms with van der Waals surface area (Å²) < 4.78 is 26.4. The molecule has 1 aromatic carbocycles. The van der Waals surface area contributed by atoms with Crippen LogP contribution in [0.3, 0.4) is 0 Å².